The first-order valence-corrected chi connectivity index (χ1v) is 12.9. The molecule has 0 fully saturated rings. The molecule has 0 aliphatic heterocycles. The Balaban J connectivity index is 1.50. The van der Waals surface area contributed by atoms with Gasteiger partial charge in [0.25, 0.3) is 11.8 Å². The van der Waals surface area contributed by atoms with Crippen LogP contribution < -0.4 is 15.5 Å². The molecule has 0 atom stereocenters. The van der Waals surface area contributed by atoms with E-state index in [4.69, 9.17) is 9.84 Å². The van der Waals surface area contributed by atoms with Crippen LogP contribution in [-0.4, -0.2) is 34.9 Å². The first-order valence-electron chi connectivity index (χ1n) is 12.9. The number of hydrogen-bond donors (Lipinski definition) is 2. The van der Waals surface area contributed by atoms with E-state index in [0.29, 0.717) is 22.6 Å². The predicted molar refractivity (Wildman–Crippen MR) is 160 cm³/mol. The van der Waals surface area contributed by atoms with E-state index in [9.17, 15) is 9.59 Å². The molecular formula is C33H27N5O3. The second-order valence-electron chi connectivity index (χ2n) is 8.93. The molecule has 8 nitrogen and oxygen atoms in total. The van der Waals surface area contributed by atoms with Crippen LogP contribution >= 0.6 is 0 Å². The van der Waals surface area contributed by atoms with E-state index in [0.717, 1.165) is 16.8 Å². The number of rotatable bonds is 9. The van der Waals surface area contributed by atoms with Crippen molar-refractivity contribution in [3.05, 3.63) is 144 Å². The maximum atomic E-state index is 13.4. The van der Waals surface area contributed by atoms with Gasteiger partial charge in [-0.2, -0.15) is 10.2 Å². The van der Waals surface area contributed by atoms with Crippen LogP contribution in [0.4, 0.5) is 0 Å². The van der Waals surface area contributed by atoms with Gasteiger partial charge in [-0.05, 0) is 60.2 Å². The van der Waals surface area contributed by atoms with Crippen LogP contribution in [0.5, 0.6) is 5.75 Å². The summed E-state index contributed by atoms with van der Waals surface area (Å²) in [5.74, 6) is -0.307. The maximum Gasteiger partial charge on any atom is 0.287 e. The number of amides is 2. The summed E-state index contributed by atoms with van der Waals surface area (Å²) in [6.45, 7) is 0. The molecule has 1 aromatic heterocycles. The van der Waals surface area contributed by atoms with Gasteiger partial charge in [0.15, 0.2) is 0 Å². The van der Waals surface area contributed by atoms with Gasteiger partial charge in [0.1, 0.15) is 17.1 Å². The van der Waals surface area contributed by atoms with E-state index in [1.807, 2.05) is 85.1 Å². The maximum absolute atomic E-state index is 13.4. The van der Waals surface area contributed by atoms with Crippen LogP contribution in [0.3, 0.4) is 0 Å². The zero-order valence-electron chi connectivity index (χ0n) is 22.3. The zero-order valence-corrected chi connectivity index (χ0v) is 22.3. The monoisotopic (exact) mass is 541 g/mol. The Morgan fingerprint density at radius 1 is 0.829 bits per heavy atom. The number of nitrogens with one attached hydrogen (secondary N) is 2. The molecular weight excluding hydrogens is 514 g/mol. The first-order chi connectivity index (χ1) is 20.1. The van der Waals surface area contributed by atoms with Crippen LogP contribution in [0.1, 0.15) is 21.5 Å². The summed E-state index contributed by atoms with van der Waals surface area (Å²) in [5, 5.41) is 11.7. The van der Waals surface area contributed by atoms with Crippen molar-refractivity contribution in [3.63, 3.8) is 0 Å². The SMILES string of the molecule is COc1ccc(/C=N/NC(=O)/C(=C/c2cn(-c3ccccc3)nc2-c2ccccc2)NC(=O)c2ccccc2)cc1. The third kappa shape index (κ3) is 6.82. The van der Waals surface area contributed by atoms with E-state index >= 15 is 0 Å². The highest BCUT2D eigenvalue weighted by Crippen LogP contribution is 2.25. The van der Waals surface area contributed by atoms with Gasteiger partial charge in [0, 0.05) is 22.9 Å². The fourth-order valence-electron chi connectivity index (χ4n) is 4.04. The van der Waals surface area contributed by atoms with Crippen LogP contribution in [0.15, 0.2) is 132 Å². The summed E-state index contributed by atoms with van der Waals surface area (Å²) in [7, 11) is 1.59. The summed E-state index contributed by atoms with van der Waals surface area (Å²) in [6, 6.07) is 35.2. The zero-order chi connectivity index (χ0) is 28.4. The summed E-state index contributed by atoms with van der Waals surface area (Å²) in [5.41, 5.74) is 6.71. The molecule has 41 heavy (non-hydrogen) atoms. The van der Waals surface area contributed by atoms with Gasteiger partial charge in [-0.15, -0.1) is 0 Å². The van der Waals surface area contributed by atoms with Gasteiger partial charge in [0.05, 0.1) is 19.0 Å². The molecule has 5 aromatic rings. The minimum absolute atomic E-state index is 0.00975. The molecule has 8 heteroatoms. The van der Waals surface area contributed by atoms with Crippen molar-refractivity contribution < 1.29 is 14.3 Å². The Kier molecular flexibility index (Phi) is 8.42. The largest absolute Gasteiger partial charge is 0.497 e. The third-order valence-corrected chi connectivity index (χ3v) is 6.13. The molecule has 1 heterocycles. The standard InChI is InChI=1S/C33H27N5O3/c1-41-29-19-17-24(18-20-29)22-34-36-33(40)30(35-32(39)26-13-7-3-8-14-26)21-27-23-38(28-15-9-4-10-16-28)37-31(27)25-11-5-2-6-12-25/h2-23H,1H3,(H,35,39)(H,36,40)/b30-21-,34-22+. The Labute approximate surface area is 237 Å². The molecule has 5 rings (SSSR count). The normalized spacial score (nSPS) is 11.3. The summed E-state index contributed by atoms with van der Waals surface area (Å²) in [4.78, 5) is 26.5. The number of hydrazone groups is 1. The van der Waals surface area contributed by atoms with Gasteiger partial charge >= 0.3 is 0 Å². The lowest BCUT2D eigenvalue weighted by Crippen LogP contribution is -2.32. The number of aromatic nitrogens is 2. The van der Waals surface area contributed by atoms with Crippen molar-refractivity contribution >= 4 is 24.1 Å². The van der Waals surface area contributed by atoms with Gasteiger partial charge in [0.2, 0.25) is 0 Å². The molecule has 4 aromatic carbocycles. The molecule has 0 radical (unpaired) electrons. The number of para-hydroxylation sites is 1. The second kappa shape index (κ2) is 12.9. The van der Waals surface area contributed by atoms with Crippen molar-refractivity contribution in [3.8, 4) is 22.7 Å². The van der Waals surface area contributed by atoms with Gasteiger partial charge in [-0.25, -0.2) is 10.1 Å². The average Bonchev–Trinajstić information content (AvgIpc) is 3.46. The Hall–Kier alpha value is -5.76. The second-order valence-corrected chi connectivity index (χ2v) is 8.93. The van der Waals surface area contributed by atoms with Gasteiger partial charge in [-0.1, -0.05) is 66.7 Å². The van der Waals surface area contributed by atoms with Crippen molar-refractivity contribution in [2.75, 3.05) is 7.11 Å². The van der Waals surface area contributed by atoms with E-state index in [2.05, 4.69) is 15.8 Å². The van der Waals surface area contributed by atoms with Crippen LogP contribution in [-0.2, 0) is 4.79 Å². The van der Waals surface area contributed by atoms with E-state index in [1.165, 1.54) is 6.21 Å². The van der Waals surface area contributed by atoms with Crippen molar-refractivity contribution in [1.29, 1.82) is 0 Å². The van der Waals surface area contributed by atoms with Crippen molar-refractivity contribution in [2.45, 2.75) is 0 Å². The number of nitrogens with zero attached hydrogens (tertiary/aromatic N) is 3. The minimum Gasteiger partial charge on any atom is -0.497 e. The summed E-state index contributed by atoms with van der Waals surface area (Å²) >= 11 is 0. The van der Waals surface area contributed by atoms with Gasteiger partial charge in [-0.3, -0.25) is 9.59 Å². The molecule has 202 valence electrons. The predicted octanol–water partition coefficient (Wildman–Crippen LogP) is 5.47. The molecule has 0 spiro atoms. The Bertz CT molecular complexity index is 1680. The number of hydrogen-bond acceptors (Lipinski definition) is 5. The highest BCUT2D eigenvalue weighted by molar-refractivity contribution is 6.05. The van der Waals surface area contributed by atoms with Crippen LogP contribution in [0.25, 0.3) is 23.0 Å². The number of ether oxygens (including phenoxy) is 1. The molecule has 0 unspecified atom stereocenters. The number of carbonyl (C=O) groups excluding carboxylic acids is 2. The summed E-state index contributed by atoms with van der Waals surface area (Å²) < 4.78 is 6.92. The fraction of sp³-hybridized carbons (Fsp3) is 0.0303. The summed E-state index contributed by atoms with van der Waals surface area (Å²) in [6.07, 6.45) is 4.94. The highest BCUT2D eigenvalue weighted by Gasteiger charge is 2.18. The highest BCUT2D eigenvalue weighted by atomic mass is 16.5. The molecule has 0 aliphatic rings. The lowest BCUT2D eigenvalue weighted by Gasteiger charge is -2.09. The smallest absolute Gasteiger partial charge is 0.287 e. The lowest BCUT2D eigenvalue weighted by molar-refractivity contribution is -0.117. The molecule has 2 N–H and O–H groups in total. The first kappa shape index (κ1) is 26.8. The Morgan fingerprint density at radius 2 is 1.46 bits per heavy atom. The quantitative estimate of drug-likeness (QED) is 0.147. The van der Waals surface area contributed by atoms with Gasteiger partial charge < -0.3 is 10.1 Å². The molecule has 0 aliphatic carbocycles. The molecule has 0 bridgehead atoms. The van der Waals surface area contributed by atoms with Crippen LogP contribution in [0, 0.1) is 0 Å². The number of methoxy groups -OCH3 is 1. The fourth-order valence-corrected chi connectivity index (χ4v) is 4.04. The molecule has 2 amide bonds. The lowest BCUT2D eigenvalue weighted by atomic mass is 10.1. The average molecular weight is 542 g/mol. The number of carbonyl (C=O) groups is 2. The Morgan fingerprint density at radius 3 is 2.12 bits per heavy atom. The van der Waals surface area contributed by atoms with E-state index in [-0.39, 0.29) is 5.70 Å². The van der Waals surface area contributed by atoms with E-state index in [1.54, 1.807) is 54.3 Å². The molecule has 0 saturated carbocycles. The van der Waals surface area contributed by atoms with Crippen molar-refractivity contribution in [1.82, 2.24) is 20.5 Å². The third-order valence-electron chi connectivity index (χ3n) is 6.13. The topological polar surface area (TPSA) is 97.6 Å². The van der Waals surface area contributed by atoms with Crippen LogP contribution in [0.2, 0.25) is 0 Å². The number of benzene rings is 4. The minimum atomic E-state index is -0.592. The van der Waals surface area contributed by atoms with Crippen molar-refractivity contribution in [2.24, 2.45) is 5.10 Å². The van der Waals surface area contributed by atoms with E-state index < -0.39 is 11.8 Å². The molecule has 0 saturated heterocycles.